The zero-order valence-corrected chi connectivity index (χ0v) is 12.3. The molecule has 0 atom stereocenters. The van der Waals surface area contributed by atoms with Crippen molar-refractivity contribution >= 4 is 28.2 Å². The van der Waals surface area contributed by atoms with Crippen molar-refractivity contribution in [3.05, 3.63) is 70.6 Å². The van der Waals surface area contributed by atoms with Gasteiger partial charge in [-0.3, -0.25) is 4.98 Å². The number of aromatic nitrogens is 1. The summed E-state index contributed by atoms with van der Waals surface area (Å²) in [7, 11) is 0. The van der Waals surface area contributed by atoms with Gasteiger partial charge in [-0.05, 0) is 42.3 Å². The summed E-state index contributed by atoms with van der Waals surface area (Å²) in [6.07, 6.45) is 1.74. The second-order valence-electron chi connectivity index (χ2n) is 4.97. The maximum atomic E-state index is 13.6. The highest BCUT2D eigenvalue weighted by Crippen LogP contribution is 2.26. The summed E-state index contributed by atoms with van der Waals surface area (Å²) < 4.78 is 13.6. The van der Waals surface area contributed by atoms with Crippen molar-refractivity contribution < 1.29 is 4.39 Å². The maximum absolute atomic E-state index is 13.6. The molecule has 0 aliphatic heterocycles. The molecule has 21 heavy (non-hydrogen) atoms. The van der Waals surface area contributed by atoms with Gasteiger partial charge in [0.05, 0.1) is 11.2 Å². The Bertz CT molecular complexity index is 802. The second kappa shape index (κ2) is 5.70. The van der Waals surface area contributed by atoms with Crippen LogP contribution < -0.4 is 5.32 Å². The molecule has 0 amide bonds. The first kappa shape index (κ1) is 13.8. The number of hydrogen-bond donors (Lipinski definition) is 1. The van der Waals surface area contributed by atoms with E-state index in [0.29, 0.717) is 17.1 Å². The maximum Gasteiger partial charge on any atom is 0.126 e. The molecule has 106 valence electrons. The van der Waals surface area contributed by atoms with Crippen LogP contribution in [0, 0.1) is 12.7 Å². The molecule has 3 aromatic rings. The Labute approximate surface area is 127 Å². The van der Waals surface area contributed by atoms with E-state index in [2.05, 4.69) is 10.3 Å². The summed E-state index contributed by atoms with van der Waals surface area (Å²) in [6.45, 7) is 2.27. The first-order valence-electron chi connectivity index (χ1n) is 6.66. The number of hydrogen-bond acceptors (Lipinski definition) is 2. The molecule has 1 N–H and O–H groups in total. The van der Waals surface area contributed by atoms with E-state index in [4.69, 9.17) is 11.6 Å². The molecule has 0 spiro atoms. The van der Waals surface area contributed by atoms with Crippen molar-refractivity contribution in [1.29, 1.82) is 0 Å². The van der Waals surface area contributed by atoms with Gasteiger partial charge in [0.25, 0.3) is 0 Å². The Hall–Kier alpha value is -2.13. The Morgan fingerprint density at radius 2 is 2.05 bits per heavy atom. The lowest BCUT2D eigenvalue weighted by molar-refractivity contribution is 0.616. The van der Waals surface area contributed by atoms with Crippen LogP contribution in [-0.2, 0) is 6.54 Å². The third-order valence-electron chi connectivity index (χ3n) is 3.39. The van der Waals surface area contributed by atoms with Gasteiger partial charge in [0.2, 0.25) is 0 Å². The SMILES string of the molecule is Cc1ccc(CNc2cc(Cl)cc3cccnc23)cc1F. The first-order valence-corrected chi connectivity index (χ1v) is 7.04. The first-order chi connectivity index (χ1) is 10.1. The largest absolute Gasteiger partial charge is 0.379 e. The van der Waals surface area contributed by atoms with Crippen LogP contribution in [0.15, 0.2) is 48.7 Å². The fourth-order valence-electron chi connectivity index (χ4n) is 2.23. The lowest BCUT2D eigenvalue weighted by Crippen LogP contribution is -2.01. The topological polar surface area (TPSA) is 24.9 Å². The predicted octanol–water partition coefficient (Wildman–Crippen LogP) is 4.95. The van der Waals surface area contributed by atoms with Crippen molar-refractivity contribution in [2.45, 2.75) is 13.5 Å². The molecule has 0 bridgehead atoms. The molecule has 0 saturated carbocycles. The summed E-state index contributed by atoms with van der Waals surface area (Å²) in [5.74, 6) is -0.191. The number of aryl methyl sites for hydroxylation is 1. The molecule has 0 unspecified atom stereocenters. The number of rotatable bonds is 3. The average Bonchev–Trinajstić information content (AvgIpc) is 2.48. The number of pyridine rings is 1. The van der Waals surface area contributed by atoms with Crippen LogP contribution in [0.3, 0.4) is 0 Å². The van der Waals surface area contributed by atoms with Gasteiger partial charge in [-0.15, -0.1) is 0 Å². The summed E-state index contributed by atoms with van der Waals surface area (Å²) in [4.78, 5) is 4.37. The summed E-state index contributed by atoms with van der Waals surface area (Å²) in [5.41, 5.74) is 3.23. The quantitative estimate of drug-likeness (QED) is 0.740. The number of halogens is 2. The van der Waals surface area contributed by atoms with Gasteiger partial charge in [-0.25, -0.2) is 4.39 Å². The van der Waals surface area contributed by atoms with Gasteiger partial charge < -0.3 is 5.32 Å². The predicted molar refractivity (Wildman–Crippen MR) is 85.2 cm³/mol. The number of nitrogens with zero attached hydrogens (tertiary/aromatic N) is 1. The van der Waals surface area contributed by atoms with Crippen LogP contribution in [0.4, 0.5) is 10.1 Å². The van der Waals surface area contributed by atoms with E-state index < -0.39 is 0 Å². The van der Waals surface area contributed by atoms with Gasteiger partial charge in [0.1, 0.15) is 5.82 Å². The van der Waals surface area contributed by atoms with Crippen LogP contribution in [0.1, 0.15) is 11.1 Å². The molecular formula is C17H14ClFN2. The van der Waals surface area contributed by atoms with Crippen LogP contribution in [0.25, 0.3) is 10.9 Å². The Morgan fingerprint density at radius 1 is 1.19 bits per heavy atom. The van der Waals surface area contributed by atoms with Crippen molar-refractivity contribution in [1.82, 2.24) is 4.98 Å². The minimum absolute atomic E-state index is 0.191. The van der Waals surface area contributed by atoms with Gasteiger partial charge >= 0.3 is 0 Å². The van der Waals surface area contributed by atoms with E-state index >= 15 is 0 Å². The molecule has 1 aromatic heterocycles. The molecule has 0 fully saturated rings. The highest BCUT2D eigenvalue weighted by atomic mass is 35.5. The monoisotopic (exact) mass is 300 g/mol. The highest BCUT2D eigenvalue weighted by Gasteiger charge is 2.05. The van der Waals surface area contributed by atoms with Crippen LogP contribution >= 0.6 is 11.6 Å². The van der Waals surface area contributed by atoms with Crippen LogP contribution in [-0.4, -0.2) is 4.98 Å². The lowest BCUT2D eigenvalue weighted by Gasteiger charge is -2.10. The molecule has 1 heterocycles. The number of nitrogens with one attached hydrogen (secondary N) is 1. The summed E-state index contributed by atoms with van der Waals surface area (Å²) >= 11 is 6.12. The average molecular weight is 301 g/mol. The molecular weight excluding hydrogens is 287 g/mol. The molecule has 0 saturated heterocycles. The van der Waals surface area contributed by atoms with Crippen LogP contribution in [0.2, 0.25) is 5.02 Å². The summed E-state index contributed by atoms with van der Waals surface area (Å²) in [5, 5.41) is 4.90. The van der Waals surface area contributed by atoms with Crippen molar-refractivity contribution in [3.8, 4) is 0 Å². The van der Waals surface area contributed by atoms with E-state index in [1.807, 2.05) is 30.3 Å². The van der Waals surface area contributed by atoms with E-state index in [1.54, 1.807) is 25.3 Å². The Morgan fingerprint density at radius 3 is 2.86 bits per heavy atom. The smallest absolute Gasteiger partial charge is 0.126 e. The molecule has 3 rings (SSSR count). The Kier molecular flexibility index (Phi) is 3.76. The van der Waals surface area contributed by atoms with Gasteiger partial charge in [0.15, 0.2) is 0 Å². The standard InChI is InChI=1S/C17H14ClFN2/c1-11-4-5-12(7-15(11)19)10-21-16-9-14(18)8-13-3-2-6-20-17(13)16/h2-9,21H,10H2,1H3. The molecule has 2 aromatic carbocycles. The van der Waals surface area contributed by atoms with E-state index in [1.165, 1.54) is 0 Å². The molecule has 0 aliphatic rings. The molecule has 0 radical (unpaired) electrons. The van der Waals surface area contributed by atoms with E-state index in [0.717, 1.165) is 22.2 Å². The second-order valence-corrected chi connectivity index (χ2v) is 5.40. The van der Waals surface area contributed by atoms with Gasteiger partial charge in [-0.2, -0.15) is 0 Å². The zero-order chi connectivity index (χ0) is 14.8. The third-order valence-corrected chi connectivity index (χ3v) is 3.61. The van der Waals surface area contributed by atoms with Crippen molar-refractivity contribution in [2.24, 2.45) is 0 Å². The van der Waals surface area contributed by atoms with Crippen LogP contribution in [0.5, 0.6) is 0 Å². The van der Waals surface area contributed by atoms with Crippen molar-refractivity contribution in [2.75, 3.05) is 5.32 Å². The fourth-order valence-corrected chi connectivity index (χ4v) is 2.46. The number of fused-ring (bicyclic) bond motifs is 1. The fraction of sp³-hybridized carbons (Fsp3) is 0.118. The zero-order valence-electron chi connectivity index (χ0n) is 11.5. The van der Waals surface area contributed by atoms with E-state index in [-0.39, 0.29) is 5.82 Å². The summed E-state index contributed by atoms with van der Waals surface area (Å²) in [6, 6.07) is 12.8. The highest BCUT2D eigenvalue weighted by molar-refractivity contribution is 6.31. The third kappa shape index (κ3) is 2.98. The number of benzene rings is 2. The van der Waals surface area contributed by atoms with Gasteiger partial charge in [-0.1, -0.05) is 29.8 Å². The lowest BCUT2D eigenvalue weighted by atomic mass is 10.1. The van der Waals surface area contributed by atoms with Crippen molar-refractivity contribution in [3.63, 3.8) is 0 Å². The molecule has 0 aliphatic carbocycles. The molecule has 2 nitrogen and oxygen atoms in total. The minimum Gasteiger partial charge on any atom is -0.379 e. The molecule has 4 heteroatoms. The van der Waals surface area contributed by atoms with Gasteiger partial charge in [0, 0.05) is 23.2 Å². The minimum atomic E-state index is -0.191. The number of anilines is 1. The van der Waals surface area contributed by atoms with E-state index in [9.17, 15) is 4.39 Å². The normalized spacial score (nSPS) is 10.8. The Balaban J connectivity index is 1.89.